The molecule has 0 radical (unpaired) electrons. The van der Waals surface area contributed by atoms with Crippen LogP contribution in [0, 0.1) is 0 Å². The molecule has 1 aromatic rings. The van der Waals surface area contributed by atoms with Crippen LogP contribution in [0.5, 0.6) is 0 Å². The van der Waals surface area contributed by atoms with Gasteiger partial charge in [-0.3, -0.25) is 4.79 Å². The molecule has 1 fully saturated rings. The van der Waals surface area contributed by atoms with E-state index in [-0.39, 0.29) is 23.3 Å². The average Bonchev–Trinajstić information content (AvgIpc) is 2.84. The molecule has 1 unspecified atom stereocenters. The summed E-state index contributed by atoms with van der Waals surface area (Å²) in [6, 6.07) is 1.23. The Kier molecular flexibility index (Phi) is 2.66. The molecule has 3 N–H and O–H groups in total. The van der Waals surface area contributed by atoms with Gasteiger partial charge in [-0.2, -0.15) is 0 Å². The fourth-order valence-electron chi connectivity index (χ4n) is 1.69. The standard InChI is InChI=1S/C10H12N2O4/c11-7-1-2-12(4-7)9(13)8-3-6(5-16-8)10(14)15/h3,5,7H,1-2,4,11H2,(H,14,15). The third-order valence-corrected chi connectivity index (χ3v) is 2.57. The Morgan fingerprint density at radius 1 is 1.56 bits per heavy atom. The lowest BCUT2D eigenvalue weighted by Crippen LogP contribution is -2.31. The Morgan fingerprint density at radius 3 is 2.81 bits per heavy atom. The van der Waals surface area contributed by atoms with Crippen molar-refractivity contribution >= 4 is 11.9 Å². The first-order valence-electron chi connectivity index (χ1n) is 4.94. The number of carboxylic acids is 1. The van der Waals surface area contributed by atoms with Crippen LogP contribution in [0.1, 0.15) is 27.3 Å². The minimum absolute atomic E-state index is 0.00198. The smallest absolute Gasteiger partial charge is 0.338 e. The number of nitrogens with two attached hydrogens (primary N) is 1. The largest absolute Gasteiger partial charge is 0.478 e. The van der Waals surface area contributed by atoms with Gasteiger partial charge in [0.05, 0.1) is 5.56 Å². The third kappa shape index (κ3) is 1.92. The molecule has 2 rings (SSSR count). The molecule has 1 atom stereocenters. The number of furan rings is 1. The Labute approximate surface area is 91.6 Å². The normalized spacial score (nSPS) is 20.1. The van der Waals surface area contributed by atoms with Crippen molar-refractivity contribution in [3.05, 3.63) is 23.7 Å². The van der Waals surface area contributed by atoms with Crippen molar-refractivity contribution < 1.29 is 19.1 Å². The van der Waals surface area contributed by atoms with E-state index < -0.39 is 5.97 Å². The number of nitrogens with zero attached hydrogens (tertiary/aromatic N) is 1. The van der Waals surface area contributed by atoms with Crippen molar-refractivity contribution in [2.75, 3.05) is 13.1 Å². The van der Waals surface area contributed by atoms with E-state index in [0.29, 0.717) is 13.1 Å². The molecular weight excluding hydrogens is 212 g/mol. The molecule has 16 heavy (non-hydrogen) atoms. The van der Waals surface area contributed by atoms with Gasteiger partial charge in [0, 0.05) is 25.2 Å². The van der Waals surface area contributed by atoms with Crippen LogP contribution in [-0.2, 0) is 0 Å². The van der Waals surface area contributed by atoms with Crippen molar-refractivity contribution in [3.63, 3.8) is 0 Å². The first kappa shape index (κ1) is 10.7. The molecule has 1 aliphatic heterocycles. The zero-order chi connectivity index (χ0) is 11.7. The van der Waals surface area contributed by atoms with Gasteiger partial charge in [0.15, 0.2) is 5.76 Å². The molecule has 2 heterocycles. The molecule has 86 valence electrons. The predicted molar refractivity (Wildman–Crippen MR) is 54.2 cm³/mol. The molecule has 0 aromatic carbocycles. The summed E-state index contributed by atoms with van der Waals surface area (Å²) in [4.78, 5) is 24.0. The summed E-state index contributed by atoms with van der Waals surface area (Å²) in [5.41, 5.74) is 5.65. The predicted octanol–water partition coefficient (Wildman–Crippen LogP) is 0.151. The monoisotopic (exact) mass is 224 g/mol. The lowest BCUT2D eigenvalue weighted by Gasteiger charge is -2.13. The third-order valence-electron chi connectivity index (χ3n) is 2.57. The summed E-state index contributed by atoms with van der Waals surface area (Å²) in [5.74, 6) is -1.37. The number of carbonyl (C=O) groups excluding carboxylic acids is 1. The number of likely N-dealkylation sites (tertiary alicyclic amines) is 1. The van der Waals surface area contributed by atoms with Gasteiger partial charge >= 0.3 is 5.97 Å². The molecule has 1 aromatic heterocycles. The number of carbonyl (C=O) groups is 2. The van der Waals surface area contributed by atoms with Crippen LogP contribution in [0.25, 0.3) is 0 Å². The van der Waals surface area contributed by atoms with Crippen LogP contribution in [0.2, 0.25) is 0 Å². The summed E-state index contributed by atoms with van der Waals surface area (Å²) in [6.45, 7) is 1.07. The van der Waals surface area contributed by atoms with Crippen molar-refractivity contribution in [2.45, 2.75) is 12.5 Å². The maximum absolute atomic E-state index is 11.8. The molecule has 0 saturated carbocycles. The van der Waals surface area contributed by atoms with E-state index in [1.165, 1.54) is 6.07 Å². The SMILES string of the molecule is NC1CCN(C(=O)c2cc(C(=O)O)co2)C1. The fraction of sp³-hybridized carbons (Fsp3) is 0.400. The number of aromatic carboxylic acids is 1. The average molecular weight is 224 g/mol. The quantitative estimate of drug-likeness (QED) is 0.745. The minimum atomic E-state index is -1.11. The van der Waals surface area contributed by atoms with Crippen LogP contribution in [-0.4, -0.2) is 41.0 Å². The van der Waals surface area contributed by atoms with Gasteiger partial charge in [-0.25, -0.2) is 4.79 Å². The minimum Gasteiger partial charge on any atom is -0.478 e. The van der Waals surface area contributed by atoms with E-state index in [0.717, 1.165) is 12.7 Å². The Bertz CT molecular complexity index is 426. The Morgan fingerprint density at radius 2 is 2.31 bits per heavy atom. The number of rotatable bonds is 2. The fourth-order valence-corrected chi connectivity index (χ4v) is 1.69. The molecule has 6 heteroatoms. The van der Waals surface area contributed by atoms with Gasteiger partial charge in [-0.05, 0) is 6.42 Å². The van der Waals surface area contributed by atoms with Gasteiger partial charge in [0.1, 0.15) is 6.26 Å². The van der Waals surface area contributed by atoms with Crippen molar-refractivity contribution in [1.29, 1.82) is 0 Å². The van der Waals surface area contributed by atoms with Gasteiger partial charge in [-0.1, -0.05) is 0 Å². The van der Waals surface area contributed by atoms with Crippen molar-refractivity contribution in [2.24, 2.45) is 5.73 Å². The molecule has 1 saturated heterocycles. The van der Waals surface area contributed by atoms with E-state index in [2.05, 4.69) is 0 Å². The first-order chi connectivity index (χ1) is 7.58. The second kappa shape index (κ2) is 3.97. The highest BCUT2D eigenvalue weighted by Gasteiger charge is 2.26. The number of carboxylic acid groups (broad SMARTS) is 1. The van der Waals surface area contributed by atoms with Gasteiger partial charge in [-0.15, -0.1) is 0 Å². The van der Waals surface area contributed by atoms with E-state index in [1.807, 2.05) is 0 Å². The molecule has 1 aliphatic rings. The molecule has 1 amide bonds. The highest BCUT2D eigenvalue weighted by molar-refractivity contribution is 5.95. The topological polar surface area (TPSA) is 96.8 Å². The molecule has 0 spiro atoms. The van der Waals surface area contributed by atoms with Crippen LogP contribution in [0.4, 0.5) is 0 Å². The molecular formula is C10H12N2O4. The molecule has 0 aliphatic carbocycles. The molecule has 6 nitrogen and oxygen atoms in total. The summed E-state index contributed by atoms with van der Waals surface area (Å²) in [7, 11) is 0. The summed E-state index contributed by atoms with van der Waals surface area (Å²) in [5, 5.41) is 8.68. The lowest BCUT2D eigenvalue weighted by atomic mass is 10.3. The zero-order valence-electron chi connectivity index (χ0n) is 8.55. The number of amides is 1. The number of hydrogen-bond donors (Lipinski definition) is 2. The maximum atomic E-state index is 11.8. The highest BCUT2D eigenvalue weighted by Crippen LogP contribution is 2.15. The first-order valence-corrected chi connectivity index (χ1v) is 4.94. The van der Waals surface area contributed by atoms with E-state index in [1.54, 1.807) is 4.90 Å². The van der Waals surface area contributed by atoms with Crippen molar-refractivity contribution in [3.8, 4) is 0 Å². The van der Waals surface area contributed by atoms with Crippen molar-refractivity contribution in [1.82, 2.24) is 4.90 Å². The van der Waals surface area contributed by atoms with Gasteiger partial charge < -0.3 is 20.2 Å². The Hall–Kier alpha value is -1.82. The van der Waals surface area contributed by atoms with Crippen LogP contribution < -0.4 is 5.73 Å². The van der Waals surface area contributed by atoms with Crippen LogP contribution in [0.3, 0.4) is 0 Å². The maximum Gasteiger partial charge on any atom is 0.338 e. The second-order valence-corrected chi connectivity index (χ2v) is 3.80. The summed E-state index contributed by atoms with van der Waals surface area (Å²) >= 11 is 0. The highest BCUT2D eigenvalue weighted by atomic mass is 16.4. The Balaban J connectivity index is 2.11. The summed E-state index contributed by atoms with van der Waals surface area (Å²) < 4.78 is 4.92. The summed E-state index contributed by atoms with van der Waals surface area (Å²) in [6.07, 6.45) is 1.82. The van der Waals surface area contributed by atoms with Crippen LogP contribution >= 0.6 is 0 Å². The zero-order valence-corrected chi connectivity index (χ0v) is 8.55. The van der Waals surface area contributed by atoms with Gasteiger partial charge in [0.25, 0.3) is 5.91 Å². The van der Waals surface area contributed by atoms with Crippen LogP contribution in [0.15, 0.2) is 16.7 Å². The van der Waals surface area contributed by atoms with E-state index >= 15 is 0 Å². The van der Waals surface area contributed by atoms with Gasteiger partial charge in [0.2, 0.25) is 0 Å². The second-order valence-electron chi connectivity index (χ2n) is 3.80. The molecule has 0 bridgehead atoms. The van der Waals surface area contributed by atoms with E-state index in [9.17, 15) is 9.59 Å². The number of hydrogen-bond acceptors (Lipinski definition) is 4. The lowest BCUT2D eigenvalue weighted by molar-refractivity contribution is 0.0695. The van der Waals surface area contributed by atoms with E-state index in [4.69, 9.17) is 15.3 Å².